The lowest BCUT2D eigenvalue weighted by Crippen LogP contribution is -2.60. The molecule has 1 saturated heterocycles. The van der Waals surface area contributed by atoms with Crippen molar-refractivity contribution in [2.45, 2.75) is 63.5 Å². The van der Waals surface area contributed by atoms with Gasteiger partial charge < -0.3 is 27.2 Å². The van der Waals surface area contributed by atoms with Gasteiger partial charge in [0.2, 0.25) is 11.8 Å². The molecule has 170 valence electrons. The van der Waals surface area contributed by atoms with E-state index in [4.69, 9.17) is 22.6 Å². The molecular weight excluding hydrogens is 400 g/mol. The number of aliphatic carboxylic acids is 1. The van der Waals surface area contributed by atoms with Crippen LogP contribution in [-0.4, -0.2) is 56.7 Å². The van der Waals surface area contributed by atoms with Crippen LogP contribution >= 0.6 is 0 Å². The van der Waals surface area contributed by atoms with Crippen molar-refractivity contribution in [2.24, 2.45) is 23.1 Å². The average molecular weight is 433 g/mol. The molecule has 2 heterocycles. The summed E-state index contributed by atoms with van der Waals surface area (Å²) in [7, 11) is 0. The van der Waals surface area contributed by atoms with E-state index in [-0.39, 0.29) is 17.7 Å². The molecule has 1 saturated carbocycles. The molecule has 0 spiro atoms. The minimum atomic E-state index is -0.995. The van der Waals surface area contributed by atoms with E-state index in [1.165, 1.54) is 24.8 Å². The lowest BCUT2D eigenvalue weighted by molar-refractivity contribution is -0.162. The van der Waals surface area contributed by atoms with Gasteiger partial charge in [0.1, 0.15) is 17.1 Å². The topological polar surface area (TPSA) is 189 Å². The van der Waals surface area contributed by atoms with Crippen molar-refractivity contribution in [2.75, 3.05) is 6.54 Å². The zero-order valence-electron chi connectivity index (χ0n) is 17.8. The summed E-state index contributed by atoms with van der Waals surface area (Å²) < 4.78 is 0. The van der Waals surface area contributed by atoms with E-state index < -0.39 is 23.5 Å². The van der Waals surface area contributed by atoms with Crippen molar-refractivity contribution in [3.05, 3.63) is 29.6 Å². The largest absolute Gasteiger partial charge is 0.479 e. The number of amides is 2. The van der Waals surface area contributed by atoms with Crippen LogP contribution in [-0.2, 0) is 9.59 Å². The number of nitrogens with two attached hydrogens (primary N) is 3. The van der Waals surface area contributed by atoms with Crippen LogP contribution in [0.1, 0.15) is 67.9 Å². The molecule has 2 amide bonds. The summed E-state index contributed by atoms with van der Waals surface area (Å²) in [5.74, 6) is -1.65. The summed E-state index contributed by atoms with van der Waals surface area (Å²) >= 11 is 0. The zero-order chi connectivity index (χ0) is 23.2. The maximum atomic E-state index is 12.2. The van der Waals surface area contributed by atoms with Crippen LogP contribution in [0.3, 0.4) is 0 Å². The monoisotopic (exact) mass is 432 g/mol. The summed E-state index contributed by atoms with van der Waals surface area (Å²) in [4.78, 5) is 40.1. The van der Waals surface area contributed by atoms with Gasteiger partial charge in [0, 0.05) is 12.7 Å². The normalized spacial score (nSPS) is 22.2. The number of hydrogen-bond donors (Lipinski definition) is 5. The molecule has 2 fully saturated rings. The van der Waals surface area contributed by atoms with Gasteiger partial charge in [0.05, 0.1) is 11.6 Å². The molecule has 1 aliphatic carbocycles. The molecule has 0 aromatic carbocycles. The third-order valence-electron chi connectivity index (χ3n) is 6.05. The molecular formula is C21H32N6O4. The van der Waals surface area contributed by atoms with E-state index in [0.717, 1.165) is 32.1 Å². The predicted molar refractivity (Wildman–Crippen MR) is 115 cm³/mol. The molecule has 1 aromatic rings. The summed E-state index contributed by atoms with van der Waals surface area (Å²) in [6.07, 6.45) is 7.77. The maximum Gasteiger partial charge on any atom is 0.329 e. The first-order chi connectivity index (χ1) is 14.6. The Morgan fingerprint density at radius 3 is 2.29 bits per heavy atom. The fraction of sp³-hybridized carbons (Fsp3) is 0.571. The van der Waals surface area contributed by atoms with Gasteiger partial charge in [-0.25, -0.2) is 4.79 Å². The summed E-state index contributed by atoms with van der Waals surface area (Å²) in [6.45, 7) is 2.16. The van der Waals surface area contributed by atoms with Crippen LogP contribution in [0.2, 0.25) is 0 Å². The van der Waals surface area contributed by atoms with E-state index in [1.54, 1.807) is 11.8 Å². The molecule has 0 unspecified atom stereocenters. The Kier molecular flexibility index (Phi) is 8.09. The highest BCUT2D eigenvalue weighted by Gasteiger charge is 2.55. The Labute approximate surface area is 181 Å². The molecule has 1 aliphatic heterocycles. The van der Waals surface area contributed by atoms with Crippen molar-refractivity contribution in [1.82, 2.24) is 9.88 Å². The Morgan fingerprint density at radius 2 is 1.84 bits per heavy atom. The first kappa shape index (κ1) is 24.3. The molecule has 3 rings (SSSR count). The average Bonchev–Trinajstić information content (AvgIpc) is 3.20. The van der Waals surface area contributed by atoms with Gasteiger partial charge in [-0.1, -0.05) is 19.3 Å². The van der Waals surface area contributed by atoms with Gasteiger partial charge in [-0.15, -0.1) is 0 Å². The van der Waals surface area contributed by atoms with Crippen LogP contribution in [0.25, 0.3) is 0 Å². The highest BCUT2D eigenvalue weighted by molar-refractivity contribution is 5.95. The molecule has 1 aromatic heterocycles. The predicted octanol–water partition coefficient (Wildman–Crippen LogP) is 0.824. The van der Waals surface area contributed by atoms with E-state index in [0.29, 0.717) is 24.2 Å². The highest BCUT2D eigenvalue weighted by atomic mass is 16.4. The van der Waals surface area contributed by atoms with Crippen molar-refractivity contribution in [3.8, 4) is 0 Å². The summed E-state index contributed by atoms with van der Waals surface area (Å²) in [6, 6.07) is 2.33. The minimum absolute atomic E-state index is 0.0870. The summed E-state index contributed by atoms with van der Waals surface area (Å²) in [5, 5.41) is 16.8. The molecule has 10 nitrogen and oxygen atoms in total. The van der Waals surface area contributed by atoms with Crippen LogP contribution in [0.5, 0.6) is 0 Å². The Hall–Kier alpha value is -3.01. The molecule has 8 N–H and O–H groups in total. The number of nitrogen functional groups attached to an aromatic ring is 1. The first-order valence-corrected chi connectivity index (χ1v) is 10.5. The van der Waals surface area contributed by atoms with Crippen LogP contribution in [0.4, 0.5) is 0 Å². The number of carboxylic acids is 1. The quantitative estimate of drug-likeness (QED) is 0.336. The zero-order valence-corrected chi connectivity index (χ0v) is 17.8. The number of carbonyl (C=O) groups excluding carboxylic acids is 2. The first-order valence-electron chi connectivity index (χ1n) is 10.5. The van der Waals surface area contributed by atoms with Gasteiger partial charge in [0.15, 0.2) is 0 Å². The van der Waals surface area contributed by atoms with Gasteiger partial charge >= 0.3 is 5.97 Å². The second-order valence-corrected chi connectivity index (χ2v) is 8.16. The van der Waals surface area contributed by atoms with E-state index in [1.807, 2.05) is 0 Å². The number of nitrogens with zero attached hydrogens (tertiary/aromatic N) is 2. The molecule has 2 atom stereocenters. The Morgan fingerprint density at radius 1 is 1.19 bits per heavy atom. The number of aromatic nitrogens is 1. The maximum absolute atomic E-state index is 12.2. The molecule has 0 bridgehead atoms. The highest BCUT2D eigenvalue weighted by Crippen LogP contribution is 2.43. The molecule has 2 aliphatic rings. The van der Waals surface area contributed by atoms with Crippen molar-refractivity contribution in [1.29, 1.82) is 5.41 Å². The van der Waals surface area contributed by atoms with E-state index in [9.17, 15) is 19.5 Å². The van der Waals surface area contributed by atoms with Crippen LogP contribution in [0, 0.1) is 11.3 Å². The second-order valence-electron chi connectivity index (χ2n) is 8.16. The third-order valence-corrected chi connectivity index (χ3v) is 6.05. The van der Waals surface area contributed by atoms with Gasteiger partial charge in [-0.3, -0.25) is 20.0 Å². The Bertz CT molecular complexity index is 787. The number of hydrogen-bond acceptors (Lipinski definition) is 6. The number of carbonyl (C=O) groups is 3. The number of carboxylic acid groups (broad SMARTS) is 1. The number of nitrogens with one attached hydrogen (secondary N) is 1. The third kappa shape index (κ3) is 5.38. The fourth-order valence-corrected chi connectivity index (χ4v) is 4.49. The number of primary amides is 1. The van der Waals surface area contributed by atoms with Gasteiger partial charge in [-0.05, 0) is 50.7 Å². The lowest BCUT2D eigenvalue weighted by Gasteiger charge is -2.43. The number of rotatable bonds is 5. The molecule has 0 radical (unpaired) electrons. The number of pyridine rings is 1. The minimum Gasteiger partial charge on any atom is -0.479 e. The van der Waals surface area contributed by atoms with Crippen molar-refractivity contribution in [3.63, 3.8) is 0 Å². The lowest BCUT2D eigenvalue weighted by atomic mass is 9.73. The van der Waals surface area contributed by atoms with E-state index >= 15 is 0 Å². The fourth-order valence-electron chi connectivity index (χ4n) is 4.49. The standard InChI is InChI=1S/C14H24N2O3.C7H8N4O/c1-10(15)12(17)16-9-5-8-14(16,13(18)19)11-6-3-2-4-7-11;8-6(9)5-2-1-4(3-11-5)7(10)12/h10-11H,2-9,15H2,1H3,(H,18,19);1-3H,(H3,8,9)(H2,10,12)/t10-,14+;/m0./s1. The second kappa shape index (κ2) is 10.3. The van der Waals surface area contributed by atoms with Crippen LogP contribution < -0.4 is 17.2 Å². The van der Waals surface area contributed by atoms with Gasteiger partial charge in [-0.2, -0.15) is 0 Å². The number of likely N-dealkylation sites (tertiary alicyclic amines) is 1. The van der Waals surface area contributed by atoms with Crippen molar-refractivity contribution < 1.29 is 19.5 Å². The molecule has 31 heavy (non-hydrogen) atoms. The smallest absolute Gasteiger partial charge is 0.329 e. The van der Waals surface area contributed by atoms with Crippen molar-refractivity contribution >= 4 is 23.6 Å². The Balaban J connectivity index is 0.000000245. The van der Waals surface area contributed by atoms with Crippen LogP contribution in [0.15, 0.2) is 18.3 Å². The number of amidine groups is 1. The molecule has 10 heteroatoms. The van der Waals surface area contributed by atoms with Gasteiger partial charge in [0.25, 0.3) is 0 Å². The SMILES string of the molecule is C[C@H](N)C(=O)N1CCC[C@]1(C(=O)O)C1CCCCC1.N=C(N)c1ccc(C(N)=O)cn1. The summed E-state index contributed by atoms with van der Waals surface area (Å²) in [5.41, 5.74) is 15.4. The van der Waals surface area contributed by atoms with E-state index in [2.05, 4.69) is 4.98 Å².